The van der Waals surface area contributed by atoms with Crippen LogP contribution in [0.2, 0.25) is 0 Å². The lowest BCUT2D eigenvalue weighted by Gasteiger charge is -2.34. The van der Waals surface area contributed by atoms with Crippen molar-refractivity contribution in [2.45, 2.75) is 36.0 Å². The lowest BCUT2D eigenvalue weighted by atomic mass is 10.2. The Bertz CT molecular complexity index is 501. The fourth-order valence-corrected chi connectivity index (χ4v) is 1.09. The standard InChI is InChI=1S/C6H3F11O4S/c7-1(2(8)9)3(10,11)4(12,13)21-5(14,15)6(16,17)22(18,19)20/h1-2H,(H,18,19,20)/p-1. The van der Waals surface area contributed by atoms with Crippen molar-refractivity contribution in [1.29, 1.82) is 0 Å². The third-order valence-electron chi connectivity index (χ3n) is 1.86. The second kappa shape index (κ2) is 5.63. The van der Waals surface area contributed by atoms with E-state index in [9.17, 15) is 61.3 Å². The summed E-state index contributed by atoms with van der Waals surface area (Å²) in [6.07, 6.45) is -24.1. The van der Waals surface area contributed by atoms with E-state index in [4.69, 9.17) is 0 Å². The zero-order chi connectivity index (χ0) is 18.4. The molecule has 0 radical (unpaired) electrons. The maximum atomic E-state index is 12.6. The van der Waals surface area contributed by atoms with Crippen LogP contribution in [0.15, 0.2) is 0 Å². The molecule has 0 aromatic carbocycles. The smallest absolute Gasteiger partial charge is 0.438 e. The fraction of sp³-hybridized carbons (Fsp3) is 1.00. The van der Waals surface area contributed by atoms with Gasteiger partial charge in [0.25, 0.3) is 6.43 Å². The highest BCUT2D eigenvalue weighted by Gasteiger charge is 2.74. The van der Waals surface area contributed by atoms with Crippen molar-refractivity contribution in [3.63, 3.8) is 0 Å². The maximum absolute atomic E-state index is 12.6. The van der Waals surface area contributed by atoms with Gasteiger partial charge in [-0.2, -0.15) is 35.1 Å². The van der Waals surface area contributed by atoms with Gasteiger partial charge in [-0.25, -0.2) is 26.3 Å². The highest BCUT2D eigenvalue weighted by molar-refractivity contribution is 7.86. The zero-order valence-electron chi connectivity index (χ0n) is 9.35. The van der Waals surface area contributed by atoms with E-state index in [1.54, 1.807) is 0 Å². The monoisotopic (exact) mass is 379 g/mol. The number of rotatable bonds is 7. The molecule has 0 aliphatic heterocycles. The van der Waals surface area contributed by atoms with Crippen molar-refractivity contribution in [2.75, 3.05) is 0 Å². The molecular weight excluding hydrogens is 377 g/mol. The van der Waals surface area contributed by atoms with Gasteiger partial charge in [-0.3, -0.25) is 0 Å². The van der Waals surface area contributed by atoms with E-state index in [1.807, 2.05) is 0 Å². The Morgan fingerprint density at radius 1 is 0.818 bits per heavy atom. The summed E-state index contributed by atoms with van der Waals surface area (Å²) in [7, 11) is -7.39. The molecule has 0 spiro atoms. The number of halogens is 11. The molecule has 0 aliphatic carbocycles. The minimum atomic E-state index is -7.39. The number of alkyl halides is 11. The summed E-state index contributed by atoms with van der Waals surface area (Å²) in [6, 6.07) is 0. The molecule has 16 heteroatoms. The lowest BCUT2D eigenvalue weighted by molar-refractivity contribution is -0.464. The van der Waals surface area contributed by atoms with E-state index in [-0.39, 0.29) is 0 Å². The van der Waals surface area contributed by atoms with Crippen LogP contribution in [0.5, 0.6) is 0 Å². The molecule has 0 aromatic rings. The lowest BCUT2D eigenvalue weighted by Crippen LogP contribution is -2.59. The van der Waals surface area contributed by atoms with Crippen LogP contribution in [0.4, 0.5) is 48.3 Å². The van der Waals surface area contributed by atoms with Crippen molar-refractivity contribution in [2.24, 2.45) is 0 Å². The normalized spacial score (nSPS) is 17.0. The first kappa shape index (κ1) is 21.1. The molecule has 22 heavy (non-hydrogen) atoms. The average Bonchev–Trinajstić information content (AvgIpc) is 2.24. The molecule has 0 heterocycles. The Balaban J connectivity index is 5.71. The van der Waals surface area contributed by atoms with E-state index in [1.165, 1.54) is 4.74 Å². The summed E-state index contributed by atoms with van der Waals surface area (Å²) in [4.78, 5) is 0. The van der Waals surface area contributed by atoms with Crippen LogP contribution in [0.1, 0.15) is 0 Å². The van der Waals surface area contributed by atoms with Gasteiger partial charge in [0, 0.05) is 0 Å². The fourth-order valence-electron chi connectivity index (χ4n) is 0.753. The largest absolute Gasteiger partial charge is 0.743 e. The molecule has 134 valence electrons. The molecule has 0 bridgehead atoms. The first-order chi connectivity index (χ1) is 9.31. The molecule has 0 fully saturated rings. The van der Waals surface area contributed by atoms with E-state index >= 15 is 0 Å². The minimum absolute atomic E-state index is 1.53. The Kier molecular flexibility index (Phi) is 5.40. The van der Waals surface area contributed by atoms with Crippen LogP contribution in [0.3, 0.4) is 0 Å². The minimum Gasteiger partial charge on any atom is -0.743 e. The van der Waals surface area contributed by atoms with Gasteiger partial charge < -0.3 is 4.55 Å². The summed E-state index contributed by atoms with van der Waals surface area (Å²) in [5, 5.41) is -6.98. The Labute approximate surface area is 113 Å². The summed E-state index contributed by atoms with van der Waals surface area (Å²) in [5.74, 6) is -6.76. The zero-order valence-corrected chi connectivity index (χ0v) is 10.2. The summed E-state index contributed by atoms with van der Waals surface area (Å²) >= 11 is 0. The third kappa shape index (κ3) is 3.53. The third-order valence-corrected chi connectivity index (χ3v) is 2.73. The van der Waals surface area contributed by atoms with Gasteiger partial charge >= 0.3 is 23.4 Å². The van der Waals surface area contributed by atoms with E-state index in [0.717, 1.165) is 0 Å². The quantitative estimate of drug-likeness (QED) is 0.504. The van der Waals surface area contributed by atoms with Gasteiger partial charge in [0.2, 0.25) is 6.17 Å². The first-order valence-electron chi connectivity index (χ1n) is 4.40. The molecular formula is C6H2F11O4S-. The number of hydrogen-bond acceptors (Lipinski definition) is 4. The average molecular weight is 379 g/mol. The van der Waals surface area contributed by atoms with Crippen molar-refractivity contribution < 1.29 is 66.0 Å². The van der Waals surface area contributed by atoms with Crippen LogP contribution < -0.4 is 0 Å². The van der Waals surface area contributed by atoms with Gasteiger partial charge in [-0.05, 0) is 0 Å². The van der Waals surface area contributed by atoms with Crippen molar-refractivity contribution >= 4 is 10.1 Å². The van der Waals surface area contributed by atoms with Crippen LogP contribution in [-0.2, 0) is 14.9 Å². The Morgan fingerprint density at radius 2 is 1.18 bits per heavy atom. The van der Waals surface area contributed by atoms with Gasteiger partial charge in [0.15, 0.2) is 10.1 Å². The van der Waals surface area contributed by atoms with Crippen LogP contribution >= 0.6 is 0 Å². The molecule has 0 N–H and O–H groups in total. The van der Waals surface area contributed by atoms with Crippen molar-refractivity contribution in [3.8, 4) is 0 Å². The van der Waals surface area contributed by atoms with Gasteiger partial charge in [-0.15, -0.1) is 0 Å². The van der Waals surface area contributed by atoms with Crippen LogP contribution in [0.25, 0.3) is 0 Å². The van der Waals surface area contributed by atoms with Gasteiger partial charge in [-0.1, -0.05) is 0 Å². The predicted molar refractivity (Wildman–Crippen MR) is 41.5 cm³/mol. The summed E-state index contributed by atoms with van der Waals surface area (Å²) < 4.78 is 166. The van der Waals surface area contributed by atoms with Crippen molar-refractivity contribution in [3.05, 3.63) is 0 Å². The topological polar surface area (TPSA) is 66.4 Å². The van der Waals surface area contributed by atoms with E-state index in [2.05, 4.69) is 0 Å². The molecule has 0 amide bonds. The first-order valence-corrected chi connectivity index (χ1v) is 5.81. The number of ether oxygens (including phenoxy) is 1. The molecule has 0 rings (SSSR count). The SMILES string of the molecule is O=S(=O)([O-])C(F)(F)C(F)(F)OC(F)(F)C(F)(F)C(F)C(F)F. The summed E-state index contributed by atoms with van der Waals surface area (Å²) in [5.41, 5.74) is 0. The van der Waals surface area contributed by atoms with Crippen LogP contribution in [-0.4, -0.2) is 49.0 Å². The molecule has 0 saturated carbocycles. The van der Waals surface area contributed by atoms with Gasteiger partial charge in [0.1, 0.15) is 0 Å². The maximum Gasteiger partial charge on any atom is 0.438 e. The Morgan fingerprint density at radius 3 is 1.45 bits per heavy atom. The second-order valence-electron chi connectivity index (χ2n) is 3.47. The van der Waals surface area contributed by atoms with E-state index in [0.29, 0.717) is 0 Å². The molecule has 4 nitrogen and oxygen atoms in total. The molecule has 1 unspecified atom stereocenters. The summed E-state index contributed by atoms with van der Waals surface area (Å²) in [6.45, 7) is 0. The number of hydrogen-bond donors (Lipinski definition) is 0. The highest BCUT2D eigenvalue weighted by Crippen LogP contribution is 2.48. The van der Waals surface area contributed by atoms with Crippen molar-refractivity contribution in [1.82, 2.24) is 0 Å². The predicted octanol–water partition coefficient (Wildman–Crippen LogP) is 2.57. The van der Waals surface area contributed by atoms with E-state index < -0.39 is 46.1 Å². The molecule has 1 atom stereocenters. The Hall–Kier alpha value is -0.900. The van der Waals surface area contributed by atoms with Gasteiger partial charge in [0.05, 0.1) is 0 Å². The molecule has 0 saturated heterocycles. The van der Waals surface area contributed by atoms with Crippen LogP contribution in [0, 0.1) is 0 Å². The second-order valence-corrected chi connectivity index (χ2v) is 4.89. The molecule has 0 aliphatic rings. The highest BCUT2D eigenvalue weighted by atomic mass is 32.2. The molecule has 0 aromatic heterocycles.